The van der Waals surface area contributed by atoms with Crippen LogP contribution < -0.4 is 15.0 Å². The van der Waals surface area contributed by atoms with Crippen LogP contribution in [0, 0.1) is 0 Å². The Morgan fingerprint density at radius 2 is 1.73 bits per heavy atom. The monoisotopic (exact) mass is 411 g/mol. The molecule has 0 fully saturated rings. The van der Waals surface area contributed by atoms with Crippen LogP contribution in [0.25, 0.3) is 10.9 Å². The first-order valence-electron chi connectivity index (χ1n) is 9.52. The van der Waals surface area contributed by atoms with Crippen LogP contribution in [-0.4, -0.2) is 48.6 Å². The number of nitrogens with one attached hydrogen (secondary N) is 1. The zero-order chi connectivity index (χ0) is 21.7. The third kappa shape index (κ3) is 4.44. The SMILES string of the molecule is CCN(Cc1nc2cc(OC)c(OC)cc2c(=O)[nH]1)C(=O)c1ccc(COC)cc1. The summed E-state index contributed by atoms with van der Waals surface area (Å²) >= 11 is 0. The highest BCUT2D eigenvalue weighted by Crippen LogP contribution is 2.30. The third-order valence-electron chi connectivity index (χ3n) is 4.78. The van der Waals surface area contributed by atoms with Gasteiger partial charge in [0.2, 0.25) is 0 Å². The Morgan fingerprint density at radius 1 is 1.07 bits per heavy atom. The summed E-state index contributed by atoms with van der Waals surface area (Å²) in [4.78, 5) is 34.4. The number of nitrogens with zero attached hydrogens (tertiary/aromatic N) is 2. The maximum atomic E-state index is 12.9. The number of fused-ring (bicyclic) bond motifs is 1. The number of hydrogen-bond acceptors (Lipinski definition) is 6. The molecule has 0 unspecified atom stereocenters. The van der Waals surface area contributed by atoms with Crippen LogP contribution in [0.1, 0.15) is 28.7 Å². The number of aromatic nitrogens is 2. The van der Waals surface area contributed by atoms with E-state index in [0.717, 1.165) is 5.56 Å². The quantitative estimate of drug-likeness (QED) is 0.613. The van der Waals surface area contributed by atoms with E-state index >= 15 is 0 Å². The fourth-order valence-electron chi connectivity index (χ4n) is 3.19. The van der Waals surface area contributed by atoms with Crippen molar-refractivity contribution in [3.8, 4) is 11.5 Å². The number of methoxy groups -OCH3 is 3. The topological polar surface area (TPSA) is 93.8 Å². The van der Waals surface area contributed by atoms with E-state index in [1.807, 2.05) is 19.1 Å². The van der Waals surface area contributed by atoms with Gasteiger partial charge < -0.3 is 24.1 Å². The van der Waals surface area contributed by atoms with Crippen LogP contribution in [0.15, 0.2) is 41.2 Å². The van der Waals surface area contributed by atoms with E-state index in [1.165, 1.54) is 14.2 Å². The van der Waals surface area contributed by atoms with E-state index in [4.69, 9.17) is 14.2 Å². The first kappa shape index (κ1) is 21.3. The average molecular weight is 411 g/mol. The van der Waals surface area contributed by atoms with Crippen LogP contribution in [0.5, 0.6) is 11.5 Å². The molecule has 0 atom stereocenters. The Morgan fingerprint density at radius 3 is 2.33 bits per heavy atom. The lowest BCUT2D eigenvalue weighted by atomic mass is 10.1. The highest BCUT2D eigenvalue weighted by atomic mass is 16.5. The smallest absolute Gasteiger partial charge is 0.258 e. The van der Waals surface area contributed by atoms with Gasteiger partial charge in [0.15, 0.2) is 11.5 Å². The molecule has 0 spiro atoms. The molecule has 0 saturated heterocycles. The first-order chi connectivity index (χ1) is 14.5. The summed E-state index contributed by atoms with van der Waals surface area (Å²) in [6.07, 6.45) is 0. The maximum absolute atomic E-state index is 12.9. The van der Waals surface area contributed by atoms with E-state index in [0.29, 0.717) is 46.9 Å². The summed E-state index contributed by atoms with van der Waals surface area (Å²) in [5.74, 6) is 1.18. The Balaban J connectivity index is 1.89. The molecule has 0 aliphatic rings. The van der Waals surface area contributed by atoms with E-state index in [2.05, 4.69) is 9.97 Å². The average Bonchev–Trinajstić information content (AvgIpc) is 2.77. The lowest BCUT2D eigenvalue weighted by Gasteiger charge is -2.20. The van der Waals surface area contributed by atoms with Gasteiger partial charge in [0.05, 0.1) is 38.3 Å². The molecule has 0 radical (unpaired) electrons. The van der Waals surface area contributed by atoms with Crippen molar-refractivity contribution in [1.29, 1.82) is 0 Å². The molecule has 0 saturated carbocycles. The molecule has 8 heteroatoms. The van der Waals surface area contributed by atoms with Crippen molar-refractivity contribution in [2.24, 2.45) is 0 Å². The fourth-order valence-corrected chi connectivity index (χ4v) is 3.19. The number of rotatable bonds is 8. The zero-order valence-electron chi connectivity index (χ0n) is 17.5. The van der Waals surface area contributed by atoms with Crippen molar-refractivity contribution in [1.82, 2.24) is 14.9 Å². The summed E-state index contributed by atoms with van der Waals surface area (Å²) in [6, 6.07) is 10.5. The van der Waals surface area contributed by atoms with Crippen molar-refractivity contribution >= 4 is 16.8 Å². The second-order valence-electron chi connectivity index (χ2n) is 6.69. The predicted octanol–water partition coefficient (Wildman–Crippen LogP) is 2.75. The minimum absolute atomic E-state index is 0.142. The molecule has 3 rings (SSSR count). The van der Waals surface area contributed by atoms with Gasteiger partial charge >= 0.3 is 0 Å². The highest BCUT2D eigenvalue weighted by Gasteiger charge is 2.17. The van der Waals surface area contributed by atoms with Gasteiger partial charge in [0.25, 0.3) is 11.5 Å². The van der Waals surface area contributed by atoms with Gasteiger partial charge in [-0.2, -0.15) is 0 Å². The molecule has 0 aliphatic heterocycles. The number of hydrogen-bond donors (Lipinski definition) is 1. The zero-order valence-corrected chi connectivity index (χ0v) is 17.5. The summed E-state index contributed by atoms with van der Waals surface area (Å²) in [5, 5.41) is 0.388. The molecule has 1 N–H and O–H groups in total. The predicted molar refractivity (Wildman–Crippen MR) is 113 cm³/mol. The summed E-state index contributed by atoms with van der Waals surface area (Å²) in [6.45, 7) is 3.01. The van der Waals surface area contributed by atoms with Crippen LogP contribution in [0.4, 0.5) is 0 Å². The molecule has 2 aromatic carbocycles. The molecule has 3 aromatic rings. The Hall–Kier alpha value is -3.39. The molecule has 1 amide bonds. The van der Waals surface area contributed by atoms with Crippen LogP contribution in [0.3, 0.4) is 0 Å². The minimum Gasteiger partial charge on any atom is -0.493 e. The lowest BCUT2D eigenvalue weighted by Crippen LogP contribution is -2.32. The van der Waals surface area contributed by atoms with Crippen molar-refractivity contribution in [3.63, 3.8) is 0 Å². The summed E-state index contributed by atoms with van der Waals surface area (Å²) < 4.78 is 15.6. The van der Waals surface area contributed by atoms with Crippen LogP contribution in [0.2, 0.25) is 0 Å². The molecule has 0 bridgehead atoms. The van der Waals surface area contributed by atoms with Gasteiger partial charge in [-0.3, -0.25) is 9.59 Å². The number of carbonyl (C=O) groups excluding carboxylic acids is 1. The van der Waals surface area contributed by atoms with Gasteiger partial charge in [0.1, 0.15) is 5.82 Å². The Kier molecular flexibility index (Phi) is 6.68. The largest absolute Gasteiger partial charge is 0.493 e. The molecule has 1 heterocycles. The normalized spacial score (nSPS) is 10.8. The summed E-state index contributed by atoms with van der Waals surface area (Å²) in [5.41, 5.74) is 1.72. The molecular weight excluding hydrogens is 386 g/mol. The number of H-pyrrole nitrogens is 1. The number of benzene rings is 2. The minimum atomic E-state index is -0.302. The molecule has 30 heavy (non-hydrogen) atoms. The third-order valence-corrected chi connectivity index (χ3v) is 4.78. The second kappa shape index (κ2) is 9.41. The van der Waals surface area contributed by atoms with E-state index < -0.39 is 0 Å². The lowest BCUT2D eigenvalue weighted by molar-refractivity contribution is 0.0748. The standard InChI is InChI=1S/C22H25N3O5/c1-5-25(22(27)15-8-6-14(7-9-15)13-28-2)12-20-23-17-11-19(30-4)18(29-3)10-16(17)21(26)24-20/h6-11H,5,12-13H2,1-4H3,(H,23,24,26). The molecule has 8 nitrogen and oxygen atoms in total. The van der Waals surface area contributed by atoms with E-state index in [-0.39, 0.29) is 18.0 Å². The summed E-state index contributed by atoms with van der Waals surface area (Å²) in [7, 11) is 4.65. The second-order valence-corrected chi connectivity index (χ2v) is 6.69. The van der Waals surface area contributed by atoms with Gasteiger partial charge in [-0.25, -0.2) is 4.98 Å². The molecular formula is C22H25N3O5. The highest BCUT2D eigenvalue weighted by molar-refractivity contribution is 5.94. The van der Waals surface area contributed by atoms with Crippen molar-refractivity contribution in [2.75, 3.05) is 27.9 Å². The van der Waals surface area contributed by atoms with Gasteiger partial charge in [-0.15, -0.1) is 0 Å². The van der Waals surface area contributed by atoms with Crippen LogP contribution in [-0.2, 0) is 17.9 Å². The van der Waals surface area contributed by atoms with Crippen molar-refractivity contribution in [3.05, 3.63) is 63.7 Å². The molecule has 158 valence electrons. The van der Waals surface area contributed by atoms with E-state index in [1.54, 1.807) is 36.3 Å². The number of aromatic amines is 1. The fraction of sp³-hybridized carbons (Fsp3) is 0.318. The van der Waals surface area contributed by atoms with Crippen molar-refractivity contribution in [2.45, 2.75) is 20.1 Å². The first-order valence-corrected chi connectivity index (χ1v) is 9.52. The molecule has 0 aliphatic carbocycles. The number of ether oxygens (including phenoxy) is 3. The number of carbonyl (C=O) groups is 1. The van der Waals surface area contributed by atoms with Gasteiger partial charge in [-0.05, 0) is 30.7 Å². The van der Waals surface area contributed by atoms with Gasteiger partial charge in [-0.1, -0.05) is 12.1 Å². The Bertz CT molecular complexity index is 1090. The Labute approximate surface area is 174 Å². The van der Waals surface area contributed by atoms with Gasteiger partial charge in [0, 0.05) is 25.3 Å². The molecule has 1 aromatic heterocycles. The maximum Gasteiger partial charge on any atom is 0.258 e. The number of amides is 1. The van der Waals surface area contributed by atoms with Crippen molar-refractivity contribution < 1.29 is 19.0 Å². The van der Waals surface area contributed by atoms with Crippen LogP contribution >= 0.6 is 0 Å². The van der Waals surface area contributed by atoms with E-state index in [9.17, 15) is 9.59 Å².